The van der Waals surface area contributed by atoms with Crippen LogP contribution in [0.4, 0.5) is 10.1 Å². The summed E-state index contributed by atoms with van der Waals surface area (Å²) in [5, 5.41) is 3.48. The molecule has 0 aromatic heterocycles. The largest absolute Gasteiger partial charge is 0.494 e. The maximum atomic E-state index is 13.1. The number of halogens is 2. The zero-order valence-corrected chi connectivity index (χ0v) is 12.2. The van der Waals surface area contributed by atoms with Crippen LogP contribution in [0, 0.1) is 5.82 Å². The molecule has 0 aliphatic heterocycles. The predicted octanol–water partition coefficient (Wildman–Crippen LogP) is 5.05. The second-order valence-corrected chi connectivity index (χ2v) is 4.90. The van der Waals surface area contributed by atoms with E-state index in [1.807, 2.05) is 38.1 Å². The highest BCUT2D eigenvalue weighted by Crippen LogP contribution is 2.24. The van der Waals surface area contributed by atoms with E-state index < -0.39 is 5.82 Å². The Morgan fingerprint density at radius 1 is 1.20 bits per heavy atom. The lowest BCUT2D eigenvalue weighted by atomic mass is 10.1. The molecule has 1 N–H and O–H groups in total. The predicted molar refractivity (Wildman–Crippen MR) is 81.1 cm³/mol. The lowest BCUT2D eigenvalue weighted by Crippen LogP contribution is -2.06. The third kappa shape index (κ3) is 3.64. The lowest BCUT2D eigenvalue weighted by Gasteiger charge is -2.16. The van der Waals surface area contributed by atoms with Crippen molar-refractivity contribution in [1.82, 2.24) is 0 Å². The molecule has 2 aromatic carbocycles. The van der Waals surface area contributed by atoms with E-state index >= 15 is 0 Å². The molecule has 2 aromatic rings. The molecule has 0 amide bonds. The van der Waals surface area contributed by atoms with E-state index in [4.69, 9.17) is 16.3 Å². The maximum absolute atomic E-state index is 13.1. The van der Waals surface area contributed by atoms with Gasteiger partial charge in [0.1, 0.15) is 11.6 Å². The van der Waals surface area contributed by atoms with Crippen LogP contribution in [0.15, 0.2) is 42.5 Å². The van der Waals surface area contributed by atoms with Gasteiger partial charge in [0, 0.05) is 11.7 Å². The van der Waals surface area contributed by atoms with Gasteiger partial charge in [-0.05, 0) is 55.8 Å². The number of hydrogen-bond donors (Lipinski definition) is 1. The molecular formula is C16H17ClFNO. The van der Waals surface area contributed by atoms with Crippen LogP contribution in [0.25, 0.3) is 0 Å². The Bertz CT molecular complexity index is 571. The summed E-state index contributed by atoms with van der Waals surface area (Å²) < 4.78 is 18.5. The van der Waals surface area contributed by atoms with Crippen LogP contribution < -0.4 is 10.1 Å². The van der Waals surface area contributed by atoms with Gasteiger partial charge in [0.15, 0.2) is 0 Å². The monoisotopic (exact) mass is 293 g/mol. The highest BCUT2D eigenvalue weighted by Gasteiger charge is 2.08. The quantitative estimate of drug-likeness (QED) is 0.833. The lowest BCUT2D eigenvalue weighted by molar-refractivity contribution is 0.340. The summed E-state index contributed by atoms with van der Waals surface area (Å²) >= 11 is 5.80. The van der Waals surface area contributed by atoms with Gasteiger partial charge in [0.2, 0.25) is 0 Å². The zero-order valence-electron chi connectivity index (χ0n) is 11.5. The Balaban J connectivity index is 2.06. The van der Waals surface area contributed by atoms with Crippen molar-refractivity contribution >= 4 is 17.3 Å². The smallest absolute Gasteiger partial charge is 0.141 e. The van der Waals surface area contributed by atoms with E-state index in [0.717, 1.165) is 17.0 Å². The number of ether oxygens (including phenoxy) is 1. The Morgan fingerprint density at radius 3 is 2.50 bits per heavy atom. The van der Waals surface area contributed by atoms with Gasteiger partial charge < -0.3 is 10.1 Å². The molecule has 0 saturated heterocycles. The fourth-order valence-electron chi connectivity index (χ4n) is 1.93. The van der Waals surface area contributed by atoms with E-state index in [1.165, 1.54) is 6.07 Å². The Kier molecular flexibility index (Phi) is 4.85. The van der Waals surface area contributed by atoms with Crippen LogP contribution in [-0.2, 0) is 0 Å². The molecule has 2 nitrogen and oxygen atoms in total. The molecular weight excluding hydrogens is 277 g/mol. The van der Waals surface area contributed by atoms with Crippen LogP contribution in [0.1, 0.15) is 25.5 Å². The minimum atomic E-state index is -0.399. The summed E-state index contributed by atoms with van der Waals surface area (Å²) in [6, 6.07) is 12.5. The summed E-state index contributed by atoms with van der Waals surface area (Å²) in [4.78, 5) is 0. The second kappa shape index (κ2) is 6.62. The molecule has 0 fully saturated rings. The maximum Gasteiger partial charge on any atom is 0.141 e. The summed E-state index contributed by atoms with van der Waals surface area (Å²) in [7, 11) is 0. The second-order valence-electron chi connectivity index (χ2n) is 4.50. The van der Waals surface area contributed by atoms with E-state index in [-0.39, 0.29) is 11.1 Å². The first-order valence-corrected chi connectivity index (χ1v) is 6.92. The third-order valence-electron chi connectivity index (χ3n) is 2.99. The molecule has 0 heterocycles. The molecule has 0 spiro atoms. The molecule has 1 atom stereocenters. The van der Waals surface area contributed by atoms with Crippen molar-refractivity contribution in [2.24, 2.45) is 0 Å². The standard InChI is InChI=1S/C16H17ClFNO/c1-3-20-14-7-5-13(6-8-14)19-11(2)12-4-9-16(18)15(17)10-12/h4-11,19H,3H2,1-2H3. The normalized spacial score (nSPS) is 12.0. The summed E-state index contributed by atoms with van der Waals surface area (Å²) in [6.07, 6.45) is 0. The summed E-state index contributed by atoms with van der Waals surface area (Å²) in [6.45, 7) is 4.60. The number of hydrogen-bond acceptors (Lipinski definition) is 2. The Labute approximate surface area is 123 Å². The topological polar surface area (TPSA) is 21.3 Å². The van der Waals surface area contributed by atoms with Crippen molar-refractivity contribution < 1.29 is 9.13 Å². The van der Waals surface area contributed by atoms with Gasteiger partial charge in [-0.2, -0.15) is 0 Å². The van der Waals surface area contributed by atoms with Gasteiger partial charge in [-0.3, -0.25) is 0 Å². The highest BCUT2D eigenvalue weighted by molar-refractivity contribution is 6.30. The van der Waals surface area contributed by atoms with Gasteiger partial charge in [-0.1, -0.05) is 17.7 Å². The average molecular weight is 294 g/mol. The van der Waals surface area contributed by atoms with Gasteiger partial charge in [-0.25, -0.2) is 4.39 Å². The molecule has 20 heavy (non-hydrogen) atoms. The van der Waals surface area contributed by atoms with Crippen molar-refractivity contribution in [2.45, 2.75) is 19.9 Å². The van der Waals surface area contributed by atoms with Crippen LogP contribution >= 0.6 is 11.6 Å². The molecule has 4 heteroatoms. The Morgan fingerprint density at radius 2 is 1.90 bits per heavy atom. The third-order valence-corrected chi connectivity index (χ3v) is 3.28. The summed E-state index contributed by atoms with van der Waals surface area (Å²) in [5.41, 5.74) is 1.91. The zero-order chi connectivity index (χ0) is 14.5. The van der Waals surface area contributed by atoms with Crippen LogP contribution in [0.3, 0.4) is 0 Å². The van der Waals surface area contributed by atoms with Crippen molar-refractivity contribution in [2.75, 3.05) is 11.9 Å². The van der Waals surface area contributed by atoms with E-state index in [2.05, 4.69) is 5.32 Å². The highest BCUT2D eigenvalue weighted by atomic mass is 35.5. The first-order chi connectivity index (χ1) is 9.60. The SMILES string of the molecule is CCOc1ccc(NC(C)c2ccc(F)c(Cl)c2)cc1. The van der Waals surface area contributed by atoms with Crippen molar-refractivity contribution in [1.29, 1.82) is 0 Å². The minimum Gasteiger partial charge on any atom is -0.494 e. The number of nitrogens with one attached hydrogen (secondary N) is 1. The van der Waals surface area contributed by atoms with Crippen LogP contribution in [-0.4, -0.2) is 6.61 Å². The minimum absolute atomic E-state index is 0.0334. The van der Waals surface area contributed by atoms with Gasteiger partial charge in [0.05, 0.1) is 11.6 Å². The van der Waals surface area contributed by atoms with Crippen molar-refractivity contribution in [3.05, 3.63) is 58.9 Å². The van der Waals surface area contributed by atoms with Crippen LogP contribution in [0.2, 0.25) is 5.02 Å². The molecule has 1 unspecified atom stereocenters. The first kappa shape index (κ1) is 14.7. The van der Waals surface area contributed by atoms with Crippen molar-refractivity contribution in [3.63, 3.8) is 0 Å². The molecule has 0 aliphatic carbocycles. The van der Waals surface area contributed by atoms with Gasteiger partial charge >= 0.3 is 0 Å². The van der Waals surface area contributed by atoms with E-state index in [1.54, 1.807) is 12.1 Å². The average Bonchev–Trinajstić information content (AvgIpc) is 2.44. The fraction of sp³-hybridized carbons (Fsp3) is 0.250. The van der Waals surface area contributed by atoms with Crippen LogP contribution in [0.5, 0.6) is 5.75 Å². The summed E-state index contributed by atoms with van der Waals surface area (Å²) in [5.74, 6) is 0.444. The first-order valence-electron chi connectivity index (χ1n) is 6.54. The van der Waals surface area contributed by atoms with Gasteiger partial charge in [0.25, 0.3) is 0 Å². The molecule has 0 aliphatic rings. The molecule has 0 radical (unpaired) electrons. The van der Waals surface area contributed by atoms with E-state index in [9.17, 15) is 4.39 Å². The molecule has 106 valence electrons. The number of benzene rings is 2. The van der Waals surface area contributed by atoms with Gasteiger partial charge in [-0.15, -0.1) is 0 Å². The number of rotatable bonds is 5. The molecule has 0 saturated carbocycles. The van der Waals surface area contributed by atoms with Crippen molar-refractivity contribution in [3.8, 4) is 5.75 Å². The molecule has 0 bridgehead atoms. The Hall–Kier alpha value is -1.74. The fourth-order valence-corrected chi connectivity index (χ4v) is 2.12. The molecule has 2 rings (SSSR count). The van der Waals surface area contributed by atoms with E-state index in [0.29, 0.717) is 6.61 Å². The number of anilines is 1.